The van der Waals surface area contributed by atoms with E-state index in [1.165, 1.54) is 17.0 Å². The number of aryl methyl sites for hydroxylation is 1. The lowest BCUT2D eigenvalue weighted by Crippen LogP contribution is -2.34. The van der Waals surface area contributed by atoms with Crippen molar-refractivity contribution in [3.63, 3.8) is 0 Å². The number of halogens is 1. The van der Waals surface area contributed by atoms with Crippen molar-refractivity contribution in [2.24, 2.45) is 0 Å². The van der Waals surface area contributed by atoms with Gasteiger partial charge in [-0.05, 0) is 59.9 Å². The number of rotatable bonds is 4. The normalized spacial score (nSPS) is 15.8. The monoisotopic (exact) mass is 412 g/mol. The zero-order valence-corrected chi connectivity index (χ0v) is 17.1. The van der Waals surface area contributed by atoms with Crippen molar-refractivity contribution in [1.29, 1.82) is 0 Å². The van der Waals surface area contributed by atoms with Crippen LogP contribution in [0.15, 0.2) is 78.5 Å². The van der Waals surface area contributed by atoms with E-state index in [1.54, 1.807) is 24.3 Å². The summed E-state index contributed by atoms with van der Waals surface area (Å²) in [6.07, 6.45) is 1.67. The van der Waals surface area contributed by atoms with E-state index in [2.05, 4.69) is 6.92 Å². The van der Waals surface area contributed by atoms with Gasteiger partial charge >= 0.3 is 0 Å². The van der Waals surface area contributed by atoms with Gasteiger partial charge < -0.3 is 4.90 Å². The van der Waals surface area contributed by atoms with Gasteiger partial charge in [0, 0.05) is 12.2 Å². The number of carbonyl (C=O) groups excluding carboxylic acids is 2. The van der Waals surface area contributed by atoms with Crippen molar-refractivity contribution in [3.05, 3.63) is 101 Å². The van der Waals surface area contributed by atoms with E-state index in [1.807, 2.05) is 41.3 Å². The first-order chi connectivity index (χ1) is 15.1. The molecule has 5 rings (SSSR count). The van der Waals surface area contributed by atoms with E-state index >= 15 is 0 Å². The maximum absolute atomic E-state index is 13.6. The molecule has 3 aromatic rings. The molecule has 0 aromatic heterocycles. The molecule has 0 N–H and O–H groups in total. The second-order valence-corrected chi connectivity index (χ2v) is 7.73. The van der Waals surface area contributed by atoms with E-state index in [-0.39, 0.29) is 17.6 Å². The number of imide groups is 1. The summed E-state index contributed by atoms with van der Waals surface area (Å²) in [7, 11) is 0. The largest absolute Gasteiger partial charge is 0.336 e. The molecule has 0 atom stereocenters. The van der Waals surface area contributed by atoms with Crippen molar-refractivity contribution in [2.75, 3.05) is 16.3 Å². The Hall–Kier alpha value is -3.73. The van der Waals surface area contributed by atoms with Crippen LogP contribution in [0, 0.1) is 5.82 Å². The molecule has 4 nitrogen and oxygen atoms in total. The molecule has 0 saturated carbocycles. The second-order valence-electron chi connectivity index (χ2n) is 7.73. The van der Waals surface area contributed by atoms with Crippen LogP contribution in [-0.4, -0.2) is 18.4 Å². The van der Waals surface area contributed by atoms with Crippen LogP contribution in [0.2, 0.25) is 0 Å². The molecule has 3 aromatic carbocycles. The highest BCUT2D eigenvalue weighted by atomic mass is 19.1. The number of nitrogens with zero attached hydrogens (tertiary/aromatic N) is 2. The smallest absolute Gasteiger partial charge is 0.282 e. The standard InChI is InChI=1S/C26H21FN2O2/c1-2-17-7-13-21(14-8-17)29-25(30)23(19-9-11-20(27)12-10-19)24(26(29)31)28-16-15-18-5-3-4-6-22(18)28/h3-14H,2,15-16H2,1H3. The van der Waals surface area contributed by atoms with Gasteiger partial charge in [0.25, 0.3) is 11.8 Å². The number of hydrogen-bond donors (Lipinski definition) is 0. The molecular weight excluding hydrogens is 391 g/mol. The number of benzene rings is 3. The maximum Gasteiger partial charge on any atom is 0.282 e. The van der Waals surface area contributed by atoms with Crippen molar-refractivity contribution in [1.82, 2.24) is 0 Å². The van der Waals surface area contributed by atoms with Crippen LogP contribution in [0.1, 0.15) is 23.6 Å². The minimum absolute atomic E-state index is 0.307. The summed E-state index contributed by atoms with van der Waals surface area (Å²) in [5, 5.41) is 0. The summed E-state index contributed by atoms with van der Waals surface area (Å²) < 4.78 is 13.6. The first kappa shape index (κ1) is 19.2. The molecule has 0 unspecified atom stereocenters. The van der Waals surface area contributed by atoms with E-state index < -0.39 is 0 Å². The molecule has 0 fully saturated rings. The number of carbonyl (C=O) groups is 2. The van der Waals surface area contributed by atoms with E-state index in [0.29, 0.717) is 29.1 Å². The van der Waals surface area contributed by atoms with Gasteiger partial charge in [0.2, 0.25) is 0 Å². The van der Waals surface area contributed by atoms with Crippen LogP contribution in [-0.2, 0) is 22.4 Å². The van der Waals surface area contributed by atoms with Gasteiger partial charge in [-0.3, -0.25) is 9.59 Å². The fourth-order valence-corrected chi connectivity index (χ4v) is 4.33. The molecule has 2 aliphatic heterocycles. The summed E-state index contributed by atoms with van der Waals surface area (Å²) in [5.74, 6) is -1.13. The maximum atomic E-state index is 13.6. The lowest BCUT2D eigenvalue weighted by molar-refractivity contribution is -0.120. The highest BCUT2D eigenvalue weighted by Crippen LogP contribution is 2.40. The van der Waals surface area contributed by atoms with Gasteiger partial charge in [0.05, 0.1) is 11.3 Å². The first-order valence-electron chi connectivity index (χ1n) is 10.4. The van der Waals surface area contributed by atoms with Crippen LogP contribution >= 0.6 is 0 Å². The summed E-state index contributed by atoms with van der Waals surface area (Å²) in [4.78, 5) is 30.4. The molecule has 2 amide bonds. The van der Waals surface area contributed by atoms with Gasteiger partial charge in [-0.1, -0.05) is 49.4 Å². The fourth-order valence-electron chi connectivity index (χ4n) is 4.33. The van der Waals surface area contributed by atoms with Crippen LogP contribution in [0.5, 0.6) is 0 Å². The Bertz CT molecular complexity index is 1210. The number of fused-ring (bicyclic) bond motifs is 1. The molecule has 2 aliphatic rings. The SMILES string of the molecule is CCc1ccc(N2C(=O)C(c3ccc(F)cc3)=C(N3CCc4ccccc43)C2=O)cc1. The predicted molar refractivity (Wildman–Crippen MR) is 119 cm³/mol. The minimum Gasteiger partial charge on any atom is -0.336 e. The second kappa shape index (κ2) is 7.51. The van der Waals surface area contributed by atoms with Crippen molar-refractivity contribution in [3.8, 4) is 0 Å². The van der Waals surface area contributed by atoms with Crippen molar-refractivity contribution >= 4 is 28.8 Å². The number of hydrogen-bond acceptors (Lipinski definition) is 3. The molecular formula is C26H21FN2O2. The lowest BCUT2D eigenvalue weighted by atomic mass is 10.0. The Balaban J connectivity index is 1.65. The molecule has 0 aliphatic carbocycles. The molecule has 0 radical (unpaired) electrons. The third-order valence-electron chi connectivity index (χ3n) is 5.95. The summed E-state index contributed by atoms with van der Waals surface area (Å²) in [6.45, 7) is 2.67. The Morgan fingerprint density at radius 3 is 2.29 bits per heavy atom. The zero-order valence-electron chi connectivity index (χ0n) is 17.1. The Labute approximate surface area is 180 Å². The van der Waals surface area contributed by atoms with Crippen LogP contribution in [0.3, 0.4) is 0 Å². The quantitative estimate of drug-likeness (QED) is 0.582. The highest BCUT2D eigenvalue weighted by molar-refractivity contribution is 6.46. The van der Waals surface area contributed by atoms with Crippen LogP contribution in [0.25, 0.3) is 5.57 Å². The van der Waals surface area contributed by atoms with Gasteiger partial charge in [-0.25, -0.2) is 9.29 Å². The zero-order chi connectivity index (χ0) is 21.5. The molecule has 0 saturated heterocycles. The third kappa shape index (κ3) is 3.13. The van der Waals surface area contributed by atoms with Crippen LogP contribution in [0.4, 0.5) is 15.8 Å². The highest BCUT2D eigenvalue weighted by Gasteiger charge is 2.44. The molecule has 2 heterocycles. The Morgan fingerprint density at radius 2 is 1.58 bits per heavy atom. The molecule has 31 heavy (non-hydrogen) atoms. The summed E-state index contributed by atoms with van der Waals surface area (Å²) >= 11 is 0. The van der Waals surface area contributed by atoms with E-state index in [9.17, 15) is 14.0 Å². The van der Waals surface area contributed by atoms with Crippen molar-refractivity contribution < 1.29 is 14.0 Å². The summed E-state index contributed by atoms with van der Waals surface area (Å²) in [5.41, 5.74) is 4.92. The van der Waals surface area contributed by atoms with Gasteiger partial charge in [0.1, 0.15) is 11.5 Å². The average molecular weight is 412 g/mol. The third-order valence-corrected chi connectivity index (χ3v) is 5.95. The Kier molecular flexibility index (Phi) is 4.66. The fraction of sp³-hybridized carbons (Fsp3) is 0.154. The first-order valence-corrected chi connectivity index (χ1v) is 10.4. The predicted octanol–water partition coefficient (Wildman–Crippen LogP) is 4.74. The molecule has 0 bridgehead atoms. The van der Waals surface area contributed by atoms with Crippen LogP contribution < -0.4 is 9.80 Å². The average Bonchev–Trinajstić information content (AvgIpc) is 3.32. The Morgan fingerprint density at radius 1 is 0.871 bits per heavy atom. The number of para-hydroxylation sites is 1. The summed E-state index contributed by atoms with van der Waals surface area (Å²) in [6, 6.07) is 21.1. The topological polar surface area (TPSA) is 40.6 Å². The van der Waals surface area contributed by atoms with E-state index in [0.717, 1.165) is 29.7 Å². The number of anilines is 2. The molecule has 154 valence electrons. The lowest BCUT2D eigenvalue weighted by Gasteiger charge is -2.22. The van der Waals surface area contributed by atoms with Crippen molar-refractivity contribution in [2.45, 2.75) is 19.8 Å². The van der Waals surface area contributed by atoms with E-state index in [4.69, 9.17) is 0 Å². The molecule has 0 spiro atoms. The van der Waals surface area contributed by atoms with Gasteiger partial charge in [-0.2, -0.15) is 0 Å². The minimum atomic E-state index is -0.389. The van der Waals surface area contributed by atoms with Gasteiger partial charge in [-0.15, -0.1) is 0 Å². The number of amides is 2. The van der Waals surface area contributed by atoms with Gasteiger partial charge in [0.15, 0.2) is 0 Å². The molecule has 5 heteroatoms.